The monoisotopic (exact) mass is 304 g/mol. The summed E-state index contributed by atoms with van der Waals surface area (Å²) in [5, 5.41) is 3.43. The lowest BCUT2D eigenvalue weighted by atomic mass is 9.77. The standard InChI is InChI=1S/C16H25BN2O3/c1-10-11(17-21-15(4,5)16(6,7)22-17)8-18-13-12(10)19-9-14(2,3)20-13/h8,19H,9H2,1-7H3. The number of hydrogen-bond donors (Lipinski definition) is 1. The third-order valence-electron chi connectivity index (χ3n) is 4.91. The summed E-state index contributed by atoms with van der Waals surface area (Å²) >= 11 is 0. The van der Waals surface area contributed by atoms with Crippen LogP contribution in [0.4, 0.5) is 5.69 Å². The average Bonchev–Trinajstić information content (AvgIpc) is 2.57. The van der Waals surface area contributed by atoms with Crippen molar-refractivity contribution in [3.05, 3.63) is 11.8 Å². The molecular formula is C16H25BN2O3. The molecule has 1 aromatic heterocycles. The molecule has 0 bridgehead atoms. The van der Waals surface area contributed by atoms with Crippen LogP contribution in [-0.4, -0.2) is 35.5 Å². The topological polar surface area (TPSA) is 52.6 Å². The normalized spacial score (nSPS) is 24.4. The molecule has 2 aliphatic heterocycles. The molecule has 5 nitrogen and oxygen atoms in total. The Morgan fingerprint density at radius 2 is 1.68 bits per heavy atom. The summed E-state index contributed by atoms with van der Waals surface area (Å²) in [5.41, 5.74) is 2.00. The number of pyridine rings is 1. The summed E-state index contributed by atoms with van der Waals surface area (Å²) < 4.78 is 18.2. The van der Waals surface area contributed by atoms with Crippen LogP contribution in [0.1, 0.15) is 47.1 Å². The van der Waals surface area contributed by atoms with Crippen LogP contribution in [0.3, 0.4) is 0 Å². The van der Waals surface area contributed by atoms with Crippen LogP contribution in [0.25, 0.3) is 0 Å². The zero-order valence-electron chi connectivity index (χ0n) is 14.5. The minimum Gasteiger partial charge on any atom is -0.468 e. The van der Waals surface area contributed by atoms with E-state index in [1.165, 1.54) is 0 Å². The first-order valence-electron chi connectivity index (χ1n) is 7.80. The summed E-state index contributed by atoms with van der Waals surface area (Å²) in [6, 6.07) is 0. The smallest absolute Gasteiger partial charge is 0.468 e. The molecule has 1 fully saturated rings. The molecule has 1 saturated heterocycles. The van der Waals surface area contributed by atoms with Crippen LogP contribution in [0, 0.1) is 6.92 Å². The van der Waals surface area contributed by atoms with Gasteiger partial charge in [0.15, 0.2) is 0 Å². The first kappa shape index (κ1) is 15.6. The molecular weight excluding hydrogens is 279 g/mol. The highest BCUT2D eigenvalue weighted by Gasteiger charge is 2.52. The Hall–Kier alpha value is -1.27. The highest BCUT2D eigenvalue weighted by molar-refractivity contribution is 6.62. The molecule has 120 valence electrons. The van der Waals surface area contributed by atoms with Gasteiger partial charge in [-0.05, 0) is 54.0 Å². The maximum absolute atomic E-state index is 6.13. The van der Waals surface area contributed by atoms with Crippen LogP contribution in [0.2, 0.25) is 0 Å². The van der Waals surface area contributed by atoms with Crippen molar-refractivity contribution in [2.24, 2.45) is 0 Å². The molecule has 0 spiro atoms. The number of nitrogens with zero attached hydrogens (tertiary/aromatic N) is 1. The Labute approximate surface area is 132 Å². The number of nitrogens with one attached hydrogen (secondary N) is 1. The molecule has 22 heavy (non-hydrogen) atoms. The molecule has 0 radical (unpaired) electrons. The van der Waals surface area contributed by atoms with E-state index in [1.807, 2.05) is 13.8 Å². The van der Waals surface area contributed by atoms with Gasteiger partial charge < -0.3 is 19.4 Å². The van der Waals surface area contributed by atoms with E-state index in [1.54, 1.807) is 6.20 Å². The maximum Gasteiger partial charge on any atom is 0.496 e. The van der Waals surface area contributed by atoms with E-state index in [0.717, 1.165) is 23.3 Å². The maximum atomic E-state index is 6.13. The van der Waals surface area contributed by atoms with Gasteiger partial charge in [0.2, 0.25) is 5.88 Å². The molecule has 0 saturated carbocycles. The van der Waals surface area contributed by atoms with Crippen molar-refractivity contribution in [1.82, 2.24) is 4.98 Å². The van der Waals surface area contributed by atoms with Gasteiger partial charge in [-0.15, -0.1) is 0 Å². The zero-order chi connectivity index (χ0) is 16.3. The molecule has 2 aliphatic rings. The van der Waals surface area contributed by atoms with Gasteiger partial charge >= 0.3 is 7.12 Å². The van der Waals surface area contributed by atoms with Crippen molar-refractivity contribution in [2.75, 3.05) is 11.9 Å². The molecule has 0 aromatic carbocycles. The zero-order valence-corrected chi connectivity index (χ0v) is 14.5. The Morgan fingerprint density at radius 1 is 1.09 bits per heavy atom. The van der Waals surface area contributed by atoms with Gasteiger partial charge in [-0.1, -0.05) is 0 Å². The number of ether oxygens (including phenoxy) is 1. The fourth-order valence-corrected chi connectivity index (χ4v) is 2.69. The van der Waals surface area contributed by atoms with E-state index in [2.05, 4.69) is 44.9 Å². The average molecular weight is 304 g/mol. The number of rotatable bonds is 1. The van der Waals surface area contributed by atoms with E-state index in [4.69, 9.17) is 14.0 Å². The summed E-state index contributed by atoms with van der Waals surface area (Å²) in [6.07, 6.45) is 1.80. The van der Waals surface area contributed by atoms with Gasteiger partial charge in [0.1, 0.15) is 11.3 Å². The van der Waals surface area contributed by atoms with E-state index in [-0.39, 0.29) is 16.8 Å². The van der Waals surface area contributed by atoms with Gasteiger partial charge in [-0.3, -0.25) is 0 Å². The van der Waals surface area contributed by atoms with E-state index in [9.17, 15) is 0 Å². The lowest BCUT2D eigenvalue weighted by molar-refractivity contribution is 0.00578. The quantitative estimate of drug-likeness (QED) is 0.807. The van der Waals surface area contributed by atoms with Crippen LogP contribution < -0.4 is 15.5 Å². The van der Waals surface area contributed by atoms with Crippen LogP contribution >= 0.6 is 0 Å². The van der Waals surface area contributed by atoms with Gasteiger partial charge in [-0.25, -0.2) is 4.98 Å². The summed E-state index contributed by atoms with van der Waals surface area (Å²) in [7, 11) is -0.403. The minimum atomic E-state index is -0.403. The van der Waals surface area contributed by atoms with Gasteiger partial charge in [0.25, 0.3) is 0 Å². The third-order valence-corrected chi connectivity index (χ3v) is 4.91. The Kier molecular flexibility index (Phi) is 3.28. The highest BCUT2D eigenvalue weighted by atomic mass is 16.7. The first-order valence-corrected chi connectivity index (χ1v) is 7.80. The molecule has 3 rings (SSSR count). The van der Waals surface area contributed by atoms with Crippen LogP contribution in [-0.2, 0) is 9.31 Å². The summed E-state index contributed by atoms with van der Waals surface area (Å²) in [6.45, 7) is 15.1. The Bertz CT molecular complexity index is 598. The molecule has 6 heteroatoms. The Morgan fingerprint density at radius 3 is 2.27 bits per heavy atom. The number of fused-ring (bicyclic) bond motifs is 1. The van der Waals surface area contributed by atoms with Crippen molar-refractivity contribution in [3.63, 3.8) is 0 Å². The molecule has 0 unspecified atom stereocenters. The van der Waals surface area contributed by atoms with Crippen LogP contribution in [0.5, 0.6) is 5.88 Å². The second-order valence-electron chi connectivity index (χ2n) is 7.82. The number of hydrogen-bond acceptors (Lipinski definition) is 5. The molecule has 0 amide bonds. The van der Waals surface area contributed by atoms with Crippen molar-refractivity contribution in [3.8, 4) is 5.88 Å². The van der Waals surface area contributed by atoms with Crippen molar-refractivity contribution in [1.29, 1.82) is 0 Å². The largest absolute Gasteiger partial charge is 0.496 e. The van der Waals surface area contributed by atoms with Crippen molar-refractivity contribution in [2.45, 2.75) is 65.3 Å². The van der Waals surface area contributed by atoms with Gasteiger partial charge in [0.05, 0.1) is 17.7 Å². The molecule has 3 heterocycles. The van der Waals surface area contributed by atoms with E-state index < -0.39 is 7.12 Å². The summed E-state index contributed by atoms with van der Waals surface area (Å²) in [4.78, 5) is 4.47. The summed E-state index contributed by atoms with van der Waals surface area (Å²) in [5.74, 6) is 0.647. The number of aromatic nitrogens is 1. The van der Waals surface area contributed by atoms with E-state index in [0.29, 0.717) is 5.88 Å². The van der Waals surface area contributed by atoms with Crippen LogP contribution in [0.15, 0.2) is 6.20 Å². The highest BCUT2D eigenvalue weighted by Crippen LogP contribution is 2.38. The van der Waals surface area contributed by atoms with Crippen molar-refractivity contribution < 1.29 is 14.0 Å². The van der Waals surface area contributed by atoms with Crippen molar-refractivity contribution >= 4 is 18.3 Å². The molecule has 0 atom stereocenters. The molecule has 1 aromatic rings. The molecule has 0 aliphatic carbocycles. The SMILES string of the molecule is Cc1c(B2OC(C)(C)C(C)(C)O2)cnc2c1NCC(C)(C)O2. The Balaban J connectivity index is 1.95. The minimum absolute atomic E-state index is 0.252. The fraction of sp³-hybridized carbons (Fsp3) is 0.688. The van der Waals surface area contributed by atoms with Gasteiger partial charge in [-0.2, -0.15) is 0 Å². The lowest BCUT2D eigenvalue weighted by Crippen LogP contribution is -2.43. The predicted molar refractivity (Wildman–Crippen MR) is 87.9 cm³/mol. The van der Waals surface area contributed by atoms with Gasteiger partial charge in [0, 0.05) is 11.7 Å². The number of anilines is 1. The molecule has 1 N–H and O–H groups in total. The first-order chi connectivity index (χ1) is 10.0. The lowest BCUT2D eigenvalue weighted by Gasteiger charge is -2.33. The van der Waals surface area contributed by atoms with E-state index >= 15 is 0 Å². The second kappa shape index (κ2) is 4.62. The second-order valence-corrected chi connectivity index (χ2v) is 7.82. The predicted octanol–water partition coefficient (Wildman–Crippen LogP) is 2.27. The third kappa shape index (κ3) is 2.38. The fourth-order valence-electron chi connectivity index (χ4n) is 2.69.